The van der Waals surface area contributed by atoms with Crippen LogP contribution in [0.15, 0.2) is 42.5 Å². The molecular weight excluding hydrogens is 239 g/mol. The highest BCUT2D eigenvalue weighted by Gasteiger charge is 2.15. The first-order chi connectivity index (χ1) is 9.25. The summed E-state index contributed by atoms with van der Waals surface area (Å²) in [6, 6.07) is 13.0. The molecule has 0 unspecified atom stereocenters. The number of halogens is 1. The van der Waals surface area contributed by atoms with E-state index < -0.39 is 0 Å². The van der Waals surface area contributed by atoms with Gasteiger partial charge in [-0.15, -0.1) is 0 Å². The van der Waals surface area contributed by atoms with Crippen molar-refractivity contribution in [3.63, 3.8) is 0 Å². The number of fused-ring (bicyclic) bond motifs is 1. The van der Waals surface area contributed by atoms with Crippen LogP contribution >= 0.6 is 0 Å². The predicted molar refractivity (Wildman–Crippen MR) is 76.3 cm³/mol. The number of rotatable bonds is 2. The molecule has 0 aromatic heterocycles. The minimum atomic E-state index is -0.198. The summed E-state index contributed by atoms with van der Waals surface area (Å²) in [5.41, 5.74) is 4.98. The van der Waals surface area contributed by atoms with Gasteiger partial charge >= 0.3 is 0 Å². The van der Waals surface area contributed by atoms with Crippen LogP contribution in [0.25, 0.3) is 0 Å². The number of nitrogens with zero attached hydrogens (tertiary/aromatic N) is 1. The zero-order valence-corrected chi connectivity index (χ0v) is 11.0. The van der Waals surface area contributed by atoms with Gasteiger partial charge in [-0.1, -0.05) is 12.1 Å². The average Bonchev–Trinajstić information content (AvgIpc) is 2.47. The lowest BCUT2D eigenvalue weighted by Crippen LogP contribution is -2.25. The lowest BCUT2D eigenvalue weighted by molar-refractivity contribution is 0.628. The average molecular weight is 256 g/mol. The Morgan fingerprint density at radius 2 is 1.89 bits per heavy atom. The normalized spacial score (nSPS) is 14.0. The largest absolute Gasteiger partial charge is 0.344 e. The van der Waals surface area contributed by atoms with Gasteiger partial charge in [-0.3, -0.25) is 0 Å². The number of hydrogen-bond donors (Lipinski definition) is 1. The van der Waals surface area contributed by atoms with Crippen molar-refractivity contribution in [1.82, 2.24) is 5.32 Å². The molecule has 0 atom stereocenters. The van der Waals surface area contributed by atoms with Crippen LogP contribution in [0, 0.1) is 5.82 Å². The van der Waals surface area contributed by atoms with E-state index in [2.05, 4.69) is 28.4 Å². The Hall–Kier alpha value is -1.87. The smallest absolute Gasteiger partial charge is 0.123 e. The first-order valence-corrected chi connectivity index (χ1v) is 6.56. The topological polar surface area (TPSA) is 15.3 Å². The quantitative estimate of drug-likeness (QED) is 0.887. The number of benzene rings is 2. The SMILES string of the molecule is CN(c1ccc(F)cc1)c1cccc2c1CCNC2. The minimum absolute atomic E-state index is 0.198. The molecule has 0 saturated heterocycles. The lowest BCUT2D eigenvalue weighted by Gasteiger charge is -2.27. The molecule has 0 spiro atoms. The first-order valence-electron chi connectivity index (χ1n) is 6.56. The fourth-order valence-electron chi connectivity index (χ4n) is 2.63. The van der Waals surface area contributed by atoms with Crippen LogP contribution < -0.4 is 10.2 Å². The summed E-state index contributed by atoms with van der Waals surface area (Å²) in [6.07, 6.45) is 1.04. The second-order valence-electron chi connectivity index (χ2n) is 4.88. The molecule has 1 heterocycles. The summed E-state index contributed by atoms with van der Waals surface area (Å²) in [7, 11) is 2.03. The van der Waals surface area contributed by atoms with Crippen LogP contribution in [0.5, 0.6) is 0 Å². The Labute approximate surface area is 112 Å². The predicted octanol–water partition coefficient (Wildman–Crippen LogP) is 3.24. The summed E-state index contributed by atoms with van der Waals surface area (Å²) < 4.78 is 13.0. The maximum atomic E-state index is 13.0. The van der Waals surface area contributed by atoms with Crippen molar-refractivity contribution in [3.8, 4) is 0 Å². The van der Waals surface area contributed by atoms with Crippen LogP contribution in [0.3, 0.4) is 0 Å². The van der Waals surface area contributed by atoms with Crippen molar-refractivity contribution in [2.45, 2.75) is 13.0 Å². The third-order valence-electron chi connectivity index (χ3n) is 3.69. The molecule has 3 rings (SSSR count). The Kier molecular flexibility index (Phi) is 3.22. The third-order valence-corrected chi connectivity index (χ3v) is 3.69. The second-order valence-corrected chi connectivity index (χ2v) is 4.88. The van der Waals surface area contributed by atoms with E-state index in [1.807, 2.05) is 19.2 Å². The van der Waals surface area contributed by atoms with E-state index in [0.717, 1.165) is 25.2 Å². The standard InChI is InChI=1S/C16H17FN2/c1-19(14-7-5-13(17)6-8-14)16-4-2-3-12-11-18-10-9-15(12)16/h2-8,18H,9-11H2,1H3. The molecule has 2 aromatic rings. The minimum Gasteiger partial charge on any atom is -0.344 e. The van der Waals surface area contributed by atoms with Gasteiger partial charge in [-0.2, -0.15) is 0 Å². The number of nitrogens with one attached hydrogen (secondary N) is 1. The van der Waals surface area contributed by atoms with E-state index in [0.29, 0.717) is 0 Å². The third kappa shape index (κ3) is 2.34. The van der Waals surface area contributed by atoms with Crippen LogP contribution in [0.4, 0.5) is 15.8 Å². The summed E-state index contributed by atoms with van der Waals surface area (Å²) in [6.45, 7) is 1.95. The molecule has 0 aliphatic carbocycles. The summed E-state index contributed by atoms with van der Waals surface area (Å²) in [4.78, 5) is 2.13. The van der Waals surface area contributed by atoms with Gasteiger partial charge in [0.1, 0.15) is 5.82 Å². The van der Waals surface area contributed by atoms with Gasteiger partial charge in [0.2, 0.25) is 0 Å². The fourth-order valence-corrected chi connectivity index (χ4v) is 2.63. The number of anilines is 2. The molecule has 19 heavy (non-hydrogen) atoms. The zero-order valence-electron chi connectivity index (χ0n) is 11.0. The Morgan fingerprint density at radius 1 is 1.11 bits per heavy atom. The van der Waals surface area contributed by atoms with Crippen LogP contribution in [-0.2, 0) is 13.0 Å². The Bertz CT molecular complexity index is 578. The van der Waals surface area contributed by atoms with E-state index >= 15 is 0 Å². The summed E-state index contributed by atoms with van der Waals surface area (Å²) in [5.74, 6) is -0.198. The highest BCUT2D eigenvalue weighted by Crippen LogP contribution is 2.30. The molecule has 0 bridgehead atoms. The zero-order chi connectivity index (χ0) is 13.2. The molecule has 0 radical (unpaired) electrons. The van der Waals surface area contributed by atoms with Gasteiger partial charge in [0.25, 0.3) is 0 Å². The molecule has 1 aliphatic rings. The maximum absolute atomic E-state index is 13.0. The summed E-state index contributed by atoms with van der Waals surface area (Å²) in [5, 5.41) is 3.39. The lowest BCUT2D eigenvalue weighted by atomic mass is 9.98. The Morgan fingerprint density at radius 3 is 2.68 bits per heavy atom. The molecule has 2 nitrogen and oxygen atoms in total. The van der Waals surface area contributed by atoms with Gasteiger partial charge in [-0.25, -0.2) is 4.39 Å². The van der Waals surface area contributed by atoms with Crippen LogP contribution in [-0.4, -0.2) is 13.6 Å². The maximum Gasteiger partial charge on any atom is 0.123 e. The van der Waals surface area contributed by atoms with E-state index in [1.165, 1.54) is 28.9 Å². The fraction of sp³-hybridized carbons (Fsp3) is 0.250. The van der Waals surface area contributed by atoms with Gasteiger partial charge in [0, 0.05) is 25.0 Å². The van der Waals surface area contributed by atoms with E-state index in [4.69, 9.17) is 0 Å². The second kappa shape index (κ2) is 5.02. The first kappa shape index (κ1) is 12.2. The molecule has 2 aromatic carbocycles. The van der Waals surface area contributed by atoms with E-state index in [1.54, 1.807) is 0 Å². The van der Waals surface area contributed by atoms with Gasteiger partial charge in [-0.05, 0) is 54.4 Å². The van der Waals surface area contributed by atoms with E-state index in [-0.39, 0.29) is 5.82 Å². The van der Waals surface area contributed by atoms with Crippen LogP contribution in [0.1, 0.15) is 11.1 Å². The molecule has 1 N–H and O–H groups in total. The molecular formula is C16H17FN2. The Balaban J connectivity index is 1.99. The number of hydrogen-bond acceptors (Lipinski definition) is 2. The van der Waals surface area contributed by atoms with Crippen molar-refractivity contribution < 1.29 is 4.39 Å². The molecule has 0 amide bonds. The molecule has 3 heteroatoms. The van der Waals surface area contributed by atoms with Crippen molar-refractivity contribution in [1.29, 1.82) is 0 Å². The van der Waals surface area contributed by atoms with Crippen molar-refractivity contribution in [3.05, 3.63) is 59.4 Å². The van der Waals surface area contributed by atoms with E-state index in [9.17, 15) is 4.39 Å². The van der Waals surface area contributed by atoms with Crippen LogP contribution in [0.2, 0.25) is 0 Å². The molecule has 0 fully saturated rings. The summed E-state index contributed by atoms with van der Waals surface area (Å²) >= 11 is 0. The van der Waals surface area contributed by atoms with Gasteiger partial charge < -0.3 is 10.2 Å². The highest BCUT2D eigenvalue weighted by atomic mass is 19.1. The van der Waals surface area contributed by atoms with Gasteiger partial charge in [0.05, 0.1) is 0 Å². The molecule has 0 saturated carbocycles. The van der Waals surface area contributed by atoms with Crippen molar-refractivity contribution in [2.24, 2.45) is 0 Å². The molecule has 98 valence electrons. The highest BCUT2D eigenvalue weighted by molar-refractivity contribution is 5.67. The van der Waals surface area contributed by atoms with Crippen molar-refractivity contribution in [2.75, 3.05) is 18.5 Å². The van der Waals surface area contributed by atoms with Gasteiger partial charge in [0.15, 0.2) is 0 Å². The monoisotopic (exact) mass is 256 g/mol. The van der Waals surface area contributed by atoms with Crippen molar-refractivity contribution >= 4 is 11.4 Å². The molecule has 1 aliphatic heterocycles.